The lowest BCUT2D eigenvalue weighted by Crippen LogP contribution is -2.28. The van der Waals surface area contributed by atoms with Gasteiger partial charge < -0.3 is 15.4 Å². The number of amides is 2. The third-order valence-corrected chi connectivity index (χ3v) is 3.22. The number of rotatable bonds is 5. The number of urea groups is 1. The van der Waals surface area contributed by atoms with Crippen LogP contribution >= 0.6 is 0 Å². The van der Waals surface area contributed by atoms with Crippen LogP contribution in [-0.2, 0) is 6.54 Å². The van der Waals surface area contributed by atoms with Gasteiger partial charge >= 0.3 is 6.03 Å². The average molecular weight is 315 g/mol. The van der Waals surface area contributed by atoms with Crippen molar-refractivity contribution in [2.75, 3.05) is 12.4 Å². The van der Waals surface area contributed by atoms with E-state index >= 15 is 0 Å². The first kappa shape index (κ1) is 16.3. The minimum absolute atomic E-state index is 0.104. The van der Waals surface area contributed by atoms with E-state index in [2.05, 4.69) is 10.6 Å². The molecule has 2 N–H and O–H groups in total. The number of nitrogens with one attached hydrogen (secondary N) is 2. The van der Waals surface area contributed by atoms with Crippen LogP contribution in [0.15, 0.2) is 42.5 Å². The molecular weight excluding hydrogens is 298 g/mol. The van der Waals surface area contributed by atoms with E-state index in [0.717, 1.165) is 11.1 Å². The maximum atomic E-state index is 11.9. The van der Waals surface area contributed by atoms with E-state index in [9.17, 15) is 14.9 Å². The predicted molar refractivity (Wildman–Crippen MR) is 86.7 cm³/mol. The molecule has 7 nitrogen and oxygen atoms in total. The van der Waals surface area contributed by atoms with E-state index in [1.54, 1.807) is 0 Å². The number of nitrogens with zero attached hydrogens (tertiary/aromatic N) is 1. The van der Waals surface area contributed by atoms with E-state index in [-0.39, 0.29) is 11.4 Å². The molecule has 0 saturated heterocycles. The number of carbonyl (C=O) groups is 1. The quantitative estimate of drug-likeness (QED) is 0.654. The third kappa shape index (κ3) is 4.44. The molecule has 23 heavy (non-hydrogen) atoms. The van der Waals surface area contributed by atoms with Gasteiger partial charge in [-0.3, -0.25) is 10.1 Å². The van der Waals surface area contributed by atoms with Crippen molar-refractivity contribution in [1.29, 1.82) is 0 Å². The van der Waals surface area contributed by atoms with Gasteiger partial charge in [0.15, 0.2) is 0 Å². The van der Waals surface area contributed by atoms with Crippen LogP contribution in [0.1, 0.15) is 11.1 Å². The summed E-state index contributed by atoms with van der Waals surface area (Å²) in [4.78, 5) is 22.1. The predicted octanol–water partition coefficient (Wildman–Crippen LogP) is 3.23. The first-order valence-electron chi connectivity index (χ1n) is 6.92. The van der Waals surface area contributed by atoms with Crippen molar-refractivity contribution in [1.82, 2.24) is 5.32 Å². The molecule has 0 unspecified atom stereocenters. The number of anilines is 1. The molecule has 0 aliphatic heterocycles. The van der Waals surface area contributed by atoms with Gasteiger partial charge in [-0.25, -0.2) is 4.79 Å². The lowest BCUT2D eigenvalue weighted by Gasteiger charge is -2.11. The summed E-state index contributed by atoms with van der Waals surface area (Å²) in [6.07, 6.45) is 0. The Bertz CT molecular complexity index is 714. The lowest BCUT2D eigenvalue weighted by molar-refractivity contribution is -0.384. The van der Waals surface area contributed by atoms with Crippen LogP contribution in [0.2, 0.25) is 0 Å². The van der Waals surface area contributed by atoms with Gasteiger partial charge in [0.05, 0.1) is 23.8 Å². The smallest absolute Gasteiger partial charge is 0.319 e. The number of hydrogen-bond acceptors (Lipinski definition) is 4. The molecule has 0 radical (unpaired) electrons. The fraction of sp³-hybridized carbons (Fsp3) is 0.188. The van der Waals surface area contributed by atoms with Crippen molar-refractivity contribution in [3.63, 3.8) is 0 Å². The fourth-order valence-electron chi connectivity index (χ4n) is 1.95. The molecule has 0 heterocycles. The van der Waals surface area contributed by atoms with Crippen molar-refractivity contribution >= 4 is 17.4 Å². The normalized spacial score (nSPS) is 10.0. The number of aryl methyl sites for hydroxylation is 1. The summed E-state index contributed by atoms with van der Waals surface area (Å²) < 4.78 is 5.07. The van der Waals surface area contributed by atoms with Gasteiger partial charge in [0.1, 0.15) is 5.75 Å². The Morgan fingerprint density at radius 1 is 1.22 bits per heavy atom. The van der Waals surface area contributed by atoms with Crippen LogP contribution < -0.4 is 15.4 Å². The fourth-order valence-corrected chi connectivity index (χ4v) is 1.95. The number of hydrogen-bond donors (Lipinski definition) is 2. The number of non-ortho nitro benzene ring substituents is 1. The monoisotopic (exact) mass is 315 g/mol. The zero-order valence-corrected chi connectivity index (χ0v) is 12.8. The second-order valence-electron chi connectivity index (χ2n) is 4.93. The van der Waals surface area contributed by atoms with Gasteiger partial charge in [-0.15, -0.1) is 0 Å². The summed E-state index contributed by atoms with van der Waals surface area (Å²) in [6, 6.07) is 11.4. The molecule has 0 bridgehead atoms. The number of methoxy groups -OCH3 is 1. The Morgan fingerprint density at radius 2 is 1.91 bits per heavy atom. The highest BCUT2D eigenvalue weighted by molar-refractivity contribution is 5.91. The molecule has 0 spiro atoms. The summed E-state index contributed by atoms with van der Waals surface area (Å²) in [5.74, 6) is 0.227. The van der Waals surface area contributed by atoms with Crippen LogP contribution in [-0.4, -0.2) is 18.1 Å². The standard InChI is InChI=1S/C16H17N3O4/c1-11-3-5-12(6-4-11)10-17-16(20)18-14-8-7-13(19(21)22)9-15(14)23-2/h3-9H,10H2,1-2H3,(H2,17,18,20). The summed E-state index contributed by atoms with van der Waals surface area (Å²) in [5.41, 5.74) is 2.38. The number of benzene rings is 2. The van der Waals surface area contributed by atoms with Gasteiger partial charge in [-0.05, 0) is 18.6 Å². The Balaban J connectivity index is 1.99. The molecule has 0 aliphatic carbocycles. The van der Waals surface area contributed by atoms with Crippen LogP contribution in [0.3, 0.4) is 0 Å². The largest absolute Gasteiger partial charge is 0.494 e. The summed E-state index contributed by atoms with van der Waals surface area (Å²) in [6.45, 7) is 2.37. The Labute approximate surface area is 133 Å². The highest BCUT2D eigenvalue weighted by Gasteiger charge is 2.13. The molecule has 7 heteroatoms. The molecule has 0 atom stereocenters. The molecule has 2 amide bonds. The van der Waals surface area contributed by atoms with Crippen molar-refractivity contribution in [2.45, 2.75) is 13.5 Å². The third-order valence-electron chi connectivity index (χ3n) is 3.22. The number of carbonyl (C=O) groups excluding carboxylic acids is 1. The SMILES string of the molecule is COc1cc([N+](=O)[O-])ccc1NC(=O)NCc1ccc(C)cc1. The first-order valence-corrected chi connectivity index (χ1v) is 6.92. The zero-order chi connectivity index (χ0) is 16.8. The number of ether oxygens (including phenoxy) is 1. The maximum absolute atomic E-state index is 11.9. The van der Waals surface area contributed by atoms with Crippen molar-refractivity contribution in [3.05, 3.63) is 63.7 Å². The molecule has 0 fully saturated rings. The van der Waals surface area contributed by atoms with E-state index in [1.807, 2.05) is 31.2 Å². The molecule has 2 aromatic carbocycles. The second kappa shape index (κ2) is 7.26. The van der Waals surface area contributed by atoms with E-state index < -0.39 is 11.0 Å². The van der Waals surface area contributed by atoms with E-state index in [4.69, 9.17) is 4.74 Å². The molecule has 0 aromatic heterocycles. The molecule has 2 aromatic rings. The molecule has 0 aliphatic rings. The highest BCUT2D eigenvalue weighted by Crippen LogP contribution is 2.28. The van der Waals surface area contributed by atoms with E-state index in [0.29, 0.717) is 12.2 Å². The summed E-state index contributed by atoms with van der Waals surface area (Å²) in [7, 11) is 1.38. The Hall–Kier alpha value is -3.09. The maximum Gasteiger partial charge on any atom is 0.319 e. The van der Waals surface area contributed by atoms with Gasteiger partial charge in [-0.2, -0.15) is 0 Å². The number of nitro benzene ring substituents is 1. The lowest BCUT2D eigenvalue weighted by atomic mass is 10.1. The molecule has 0 saturated carbocycles. The first-order chi connectivity index (χ1) is 11.0. The summed E-state index contributed by atoms with van der Waals surface area (Å²) >= 11 is 0. The zero-order valence-electron chi connectivity index (χ0n) is 12.8. The topological polar surface area (TPSA) is 93.5 Å². The Kier molecular flexibility index (Phi) is 5.14. The van der Waals surface area contributed by atoms with Crippen LogP contribution in [0, 0.1) is 17.0 Å². The highest BCUT2D eigenvalue weighted by atomic mass is 16.6. The van der Waals surface area contributed by atoms with Gasteiger partial charge in [0, 0.05) is 12.6 Å². The van der Waals surface area contributed by atoms with Gasteiger partial charge in [0.2, 0.25) is 0 Å². The number of nitro groups is 1. The van der Waals surface area contributed by atoms with Crippen LogP contribution in [0.5, 0.6) is 5.75 Å². The summed E-state index contributed by atoms with van der Waals surface area (Å²) in [5, 5.41) is 16.1. The molecular formula is C16H17N3O4. The van der Waals surface area contributed by atoms with E-state index in [1.165, 1.54) is 25.3 Å². The van der Waals surface area contributed by atoms with Gasteiger partial charge in [0.25, 0.3) is 5.69 Å². The van der Waals surface area contributed by atoms with Crippen molar-refractivity contribution in [3.8, 4) is 5.75 Å². The minimum atomic E-state index is -0.524. The van der Waals surface area contributed by atoms with Crippen molar-refractivity contribution in [2.24, 2.45) is 0 Å². The second-order valence-corrected chi connectivity index (χ2v) is 4.93. The van der Waals surface area contributed by atoms with Crippen LogP contribution in [0.4, 0.5) is 16.2 Å². The van der Waals surface area contributed by atoms with Gasteiger partial charge in [-0.1, -0.05) is 29.8 Å². The minimum Gasteiger partial charge on any atom is -0.494 e. The molecule has 2 rings (SSSR count). The van der Waals surface area contributed by atoms with Crippen LogP contribution in [0.25, 0.3) is 0 Å². The molecule has 120 valence electrons. The Morgan fingerprint density at radius 3 is 2.52 bits per heavy atom. The van der Waals surface area contributed by atoms with Crippen molar-refractivity contribution < 1.29 is 14.5 Å². The average Bonchev–Trinajstić information content (AvgIpc) is 2.54.